The zero-order chi connectivity index (χ0) is 30.1. The Morgan fingerprint density at radius 2 is 1.63 bits per heavy atom. The summed E-state index contributed by atoms with van der Waals surface area (Å²) in [7, 11) is 1.67. The monoisotopic (exact) mass is 578 g/mol. The van der Waals surface area contributed by atoms with E-state index in [4.69, 9.17) is 4.99 Å². The molecule has 3 aromatic carbocycles. The largest absolute Gasteiger partial charge is 0.324 e. The molecule has 43 heavy (non-hydrogen) atoms. The predicted octanol–water partition coefficient (Wildman–Crippen LogP) is 5.42. The van der Waals surface area contributed by atoms with Gasteiger partial charge in [0.2, 0.25) is 6.17 Å². The fourth-order valence-corrected chi connectivity index (χ4v) is 6.26. The molecule has 5 amide bonds. The van der Waals surface area contributed by atoms with E-state index in [1.54, 1.807) is 16.8 Å². The van der Waals surface area contributed by atoms with E-state index in [0.29, 0.717) is 44.7 Å². The Labute approximate surface area is 252 Å². The highest BCUT2D eigenvalue weighted by Gasteiger charge is 2.39. The predicted molar refractivity (Wildman–Crippen MR) is 168 cm³/mol. The van der Waals surface area contributed by atoms with Gasteiger partial charge in [-0.15, -0.1) is 0 Å². The van der Waals surface area contributed by atoms with Crippen molar-refractivity contribution in [2.45, 2.75) is 45.4 Å². The summed E-state index contributed by atoms with van der Waals surface area (Å²) in [6.07, 6.45) is 0.310. The quantitative estimate of drug-likeness (QED) is 0.439. The zero-order valence-electron chi connectivity index (χ0n) is 24.9. The molecule has 0 aromatic heterocycles. The van der Waals surface area contributed by atoms with Gasteiger partial charge in [-0.25, -0.2) is 14.6 Å². The van der Waals surface area contributed by atoms with Crippen molar-refractivity contribution in [3.63, 3.8) is 0 Å². The molecule has 222 valence electrons. The minimum Gasteiger partial charge on any atom is -0.324 e. The highest BCUT2D eigenvalue weighted by Crippen LogP contribution is 2.31. The first-order chi connectivity index (χ1) is 20.8. The summed E-state index contributed by atoms with van der Waals surface area (Å²) in [4.78, 5) is 52.9. The van der Waals surface area contributed by atoms with Crippen LogP contribution in [0, 0.1) is 5.92 Å². The Morgan fingerprint density at radius 1 is 0.953 bits per heavy atom. The van der Waals surface area contributed by atoms with Crippen molar-refractivity contribution in [3.8, 4) is 0 Å². The minimum absolute atomic E-state index is 0.0287. The summed E-state index contributed by atoms with van der Waals surface area (Å²) < 4.78 is 0. The number of para-hydroxylation sites is 2. The van der Waals surface area contributed by atoms with Gasteiger partial charge in [-0.05, 0) is 36.5 Å². The van der Waals surface area contributed by atoms with E-state index in [9.17, 15) is 14.4 Å². The second kappa shape index (κ2) is 11.9. The average Bonchev–Trinajstić information content (AvgIpc) is 3.14. The van der Waals surface area contributed by atoms with E-state index in [1.807, 2.05) is 83.8 Å². The topological polar surface area (TPSA) is 88.6 Å². The molecule has 0 bridgehead atoms. The van der Waals surface area contributed by atoms with E-state index < -0.39 is 6.17 Å². The number of carbonyl (C=O) groups is 3. The molecule has 9 nitrogen and oxygen atoms in total. The van der Waals surface area contributed by atoms with Gasteiger partial charge in [0.15, 0.2) is 0 Å². The molecular formula is C34H38N6O3. The van der Waals surface area contributed by atoms with Crippen LogP contribution in [0.3, 0.4) is 0 Å². The zero-order valence-corrected chi connectivity index (χ0v) is 24.9. The second-order valence-electron chi connectivity index (χ2n) is 11.9. The van der Waals surface area contributed by atoms with Crippen LogP contribution in [0.1, 0.15) is 43.4 Å². The summed E-state index contributed by atoms with van der Waals surface area (Å²) >= 11 is 0. The summed E-state index contributed by atoms with van der Waals surface area (Å²) in [5.41, 5.74) is 5.20. The number of likely N-dealkylation sites (tertiary alicyclic amines) is 1. The van der Waals surface area contributed by atoms with Crippen LogP contribution in [0.4, 0.5) is 21.0 Å². The molecule has 1 fully saturated rings. The van der Waals surface area contributed by atoms with Crippen LogP contribution in [0.2, 0.25) is 0 Å². The Kier molecular flexibility index (Phi) is 7.88. The van der Waals surface area contributed by atoms with Crippen LogP contribution in [0.15, 0.2) is 83.9 Å². The third-order valence-corrected chi connectivity index (χ3v) is 8.49. The third-order valence-electron chi connectivity index (χ3n) is 8.49. The molecule has 3 aliphatic rings. The Bertz CT molecular complexity index is 1550. The number of rotatable bonds is 5. The van der Waals surface area contributed by atoms with Crippen LogP contribution >= 0.6 is 0 Å². The van der Waals surface area contributed by atoms with Crippen molar-refractivity contribution in [2.24, 2.45) is 10.9 Å². The molecule has 3 aliphatic heterocycles. The summed E-state index contributed by atoms with van der Waals surface area (Å²) in [6, 6.07) is 25.2. The number of amides is 5. The van der Waals surface area contributed by atoms with Crippen molar-refractivity contribution in [3.05, 3.63) is 95.6 Å². The molecule has 0 unspecified atom stereocenters. The molecule has 9 heteroatoms. The number of fused-ring (bicyclic) bond motifs is 2. The Morgan fingerprint density at radius 3 is 2.37 bits per heavy atom. The number of aliphatic imine (C=N–C) groups is 1. The smallest absolute Gasteiger partial charge is 0.322 e. The molecule has 3 heterocycles. The number of piperidine rings is 1. The van der Waals surface area contributed by atoms with E-state index in [0.717, 1.165) is 28.1 Å². The standard InChI is InChI=1S/C34H38N6O3/c1-23(2)21-40-29-16-10-8-14-27(29)30(24-11-5-4-6-12-24)36-31(32(40)41)37(3)34(43)38-19-17-26(18-20-38)39-22-25-13-7-9-15-28(25)35-33(39)42/h4-16,23,26,31H,17-22H2,1-3H3,(H,35,42)/t31-/m0/s1. The Hall–Kier alpha value is -4.66. The van der Waals surface area contributed by atoms with Crippen LogP contribution < -0.4 is 10.2 Å². The number of hydrogen-bond donors (Lipinski definition) is 1. The van der Waals surface area contributed by atoms with Gasteiger partial charge in [-0.3, -0.25) is 9.69 Å². The van der Waals surface area contributed by atoms with Gasteiger partial charge in [0, 0.05) is 56.1 Å². The fraction of sp³-hybridized carbons (Fsp3) is 0.353. The molecule has 1 N–H and O–H groups in total. The molecule has 3 aromatic rings. The first kappa shape index (κ1) is 28.5. The maximum absolute atomic E-state index is 14.2. The Balaban J connectivity index is 1.23. The number of urea groups is 2. The highest BCUT2D eigenvalue weighted by molar-refractivity contribution is 6.20. The summed E-state index contributed by atoms with van der Waals surface area (Å²) in [6.45, 7) is 6.21. The number of benzene rings is 3. The fourth-order valence-electron chi connectivity index (χ4n) is 6.26. The third kappa shape index (κ3) is 5.59. The van der Waals surface area contributed by atoms with Crippen molar-refractivity contribution >= 4 is 35.1 Å². The van der Waals surface area contributed by atoms with Crippen LogP contribution in [-0.4, -0.2) is 77.3 Å². The van der Waals surface area contributed by atoms with Gasteiger partial charge in [-0.2, -0.15) is 0 Å². The first-order valence-corrected chi connectivity index (χ1v) is 15.0. The molecule has 0 aliphatic carbocycles. The van der Waals surface area contributed by atoms with Gasteiger partial charge < -0.3 is 20.0 Å². The lowest BCUT2D eigenvalue weighted by Gasteiger charge is -2.41. The second-order valence-corrected chi connectivity index (χ2v) is 11.9. The molecule has 1 saturated heterocycles. The van der Waals surface area contributed by atoms with Crippen molar-refractivity contribution in [1.82, 2.24) is 14.7 Å². The number of nitrogens with one attached hydrogen (secondary N) is 1. The van der Waals surface area contributed by atoms with Crippen molar-refractivity contribution < 1.29 is 14.4 Å². The molecule has 0 saturated carbocycles. The first-order valence-electron chi connectivity index (χ1n) is 15.0. The molecule has 0 spiro atoms. The van der Waals surface area contributed by atoms with Crippen LogP contribution in [0.25, 0.3) is 0 Å². The minimum atomic E-state index is -1.02. The van der Waals surface area contributed by atoms with E-state index in [1.165, 1.54) is 4.90 Å². The van der Waals surface area contributed by atoms with Crippen LogP contribution in [-0.2, 0) is 11.3 Å². The number of nitrogens with zero attached hydrogens (tertiary/aromatic N) is 5. The molecule has 0 radical (unpaired) electrons. The summed E-state index contributed by atoms with van der Waals surface area (Å²) in [5.74, 6) is -0.00334. The van der Waals surface area contributed by atoms with Gasteiger partial charge in [0.1, 0.15) is 0 Å². The van der Waals surface area contributed by atoms with Crippen molar-refractivity contribution in [1.29, 1.82) is 0 Å². The number of carbonyl (C=O) groups excluding carboxylic acids is 3. The molecule has 1 atom stereocenters. The SMILES string of the molecule is CC(C)CN1C(=O)[C@H](N(C)C(=O)N2CCC(N3Cc4ccccc4NC3=O)CC2)N=C(c2ccccc2)c2ccccc21. The average molecular weight is 579 g/mol. The maximum Gasteiger partial charge on any atom is 0.322 e. The number of anilines is 2. The molecular weight excluding hydrogens is 540 g/mol. The molecule has 6 rings (SSSR count). The van der Waals surface area contributed by atoms with Crippen LogP contribution in [0.5, 0.6) is 0 Å². The lowest BCUT2D eigenvalue weighted by Crippen LogP contribution is -2.56. The van der Waals surface area contributed by atoms with Gasteiger partial charge in [0.05, 0.1) is 11.4 Å². The highest BCUT2D eigenvalue weighted by atomic mass is 16.2. The van der Waals surface area contributed by atoms with Gasteiger partial charge in [-0.1, -0.05) is 80.6 Å². The number of likely N-dealkylation sites (N-methyl/N-ethyl adjacent to an activating group) is 1. The number of hydrogen-bond acceptors (Lipinski definition) is 4. The lowest BCUT2D eigenvalue weighted by molar-refractivity contribution is -0.122. The van der Waals surface area contributed by atoms with Gasteiger partial charge in [0.25, 0.3) is 5.91 Å². The van der Waals surface area contributed by atoms with Crippen molar-refractivity contribution in [2.75, 3.05) is 36.9 Å². The normalized spacial score (nSPS) is 18.9. The van der Waals surface area contributed by atoms with E-state index in [-0.39, 0.29) is 29.9 Å². The summed E-state index contributed by atoms with van der Waals surface area (Å²) in [5, 5.41) is 3.00. The van der Waals surface area contributed by atoms with E-state index in [2.05, 4.69) is 19.2 Å². The van der Waals surface area contributed by atoms with Gasteiger partial charge >= 0.3 is 12.1 Å². The lowest BCUT2D eigenvalue weighted by atomic mass is 10.00. The number of benzodiazepines with no additional fused rings is 1. The van der Waals surface area contributed by atoms with E-state index >= 15 is 0 Å². The maximum atomic E-state index is 14.2.